The van der Waals surface area contributed by atoms with Crippen LogP contribution in [0.15, 0.2) is 35.1 Å². The van der Waals surface area contributed by atoms with Gasteiger partial charge in [0.2, 0.25) is 0 Å². The van der Waals surface area contributed by atoms with Crippen molar-refractivity contribution in [3.63, 3.8) is 0 Å². The molecule has 1 N–H and O–H groups in total. The molecule has 70 valence electrons. The van der Waals surface area contributed by atoms with Crippen LogP contribution in [-0.2, 0) is 6.42 Å². The molecule has 2 rings (SSSR count). The maximum atomic E-state index is 11.0. The zero-order chi connectivity index (χ0) is 10.1. The Morgan fingerprint density at radius 3 is 2.36 bits per heavy atom. The highest BCUT2D eigenvalue weighted by Crippen LogP contribution is 2.14. The number of hydrogen-bond donors (Lipinski definition) is 1. The second-order valence-electron chi connectivity index (χ2n) is 3.15. The Hall–Kier alpha value is -1.90. The largest absolute Gasteiger partial charge is 0.478 e. The molecular formula is C11H8O3. The molecule has 3 heteroatoms. The SMILES string of the molecule is O=C(O)c1c(Cc2ccccc2)c1=O. The minimum Gasteiger partial charge on any atom is -0.478 e. The van der Waals surface area contributed by atoms with Gasteiger partial charge in [0, 0.05) is 12.0 Å². The third kappa shape index (κ3) is 1.44. The molecule has 0 aliphatic rings. The van der Waals surface area contributed by atoms with Gasteiger partial charge in [-0.3, -0.25) is 4.79 Å². The van der Waals surface area contributed by atoms with Crippen LogP contribution in [-0.4, -0.2) is 11.1 Å². The molecule has 14 heavy (non-hydrogen) atoms. The van der Waals surface area contributed by atoms with E-state index in [9.17, 15) is 9.59 Å². The lowest BCUT2D eigenvalue weighted by Gasteiger charge is -1.92. The molecule has 2 aromatic carbocycles. The first kappa shape index (κ1) is 8.69. The van der Waals surface area contributed by atoms with E-state index in [0.29, 0.717) is 12.0 Å². The van der Waals surface area contributed by atoms with Crippen LogP contribution in [0.25, 0.3) is 0 Å². The van der Waals surface area contributed by atoms with Crippen LogP contribution in [0.1, 0.15) is 21.5 Å². The van der Waals surface area contributed by atoms with E-state index < -0.39 is 5.97 Å². The van der Waals surface area contributed by atoms with E-state index in [0.717, 1.165) is 5.56 Å². The molecule has 0 radical (unpaired) electrons. The predicted molar refractivity (Wildman–Crippen MR) is 51.3 cm³/mol. The predicted octanol–water partition coefficient (Wildman–Crippen LogP) is 1.21. The van der Waals surface area contributed by atoms with Crippen molar-refractivity contribution >= 4 is 5.97 Å². The van der Waals surface area contributed by atoms with Crippen LogP contribution in [0.5, 0.6) is 0 Å². The van der Waals surface area contributed by atoms with Gasteiger partial charge in [-0.25, -0.2) is 4.79 Å². The van der Waals surface area contributed by atoms with Gasteiger partial charge < -0.3 is 5.11 Å². The third-order valence-corrected chi connectivity index (χ3v) is 2.18. The fraction of sp³-hybridized carbons (Fsp3) is 0.0909. The number of rotatable bonds is 3. The summed E-state index contributed by atoms with van der Waals surface area (Å²) >= 11 is 0. The van der Waals surface area contributed by atoms with Gasteiger partial charge in [0.05, 0.1) is 0 Å². The van der Waals surface area contributed by atoms with Gasteiger partial charge in [-0.2, -0.15) is 0 Å². The molecular weight excluding hydrogens is 180 g/mol. The number of benzene rings is 1. The molecule has 0 unspecified atom stereocenters. The van der Waals surface area contributed by atoms with E-state index in [1.807, 2.05) is 30.3 Å². The van der Waals surface area contributed by atoms with Crippen molar-refractivity contribution in [2.75, 3.05) is 0 Å². The summed E-state index contributed by atoms with van der Waals surface area (Å²) in [6.07, 6.45) is 0.432. The number of carboxylic acids is 1. The fourth-order valence-corrected chi connectivity index (χ4v) is 1.40. The molecule has 3 nitrogen and oxygen atoms in total. The van der Waals surface area contributed by atoms with Crippen LogP contribution in [0.3, 0.4) is 0 Å². The lowest BCUT2D eigenvalue weighted by Crippen LogP contribution is -1.92. The highest BCUT2D eigenvalue weighted by Gasteiger charge is 2.27. The number of carboxylic acid groups (broad SMARTS) is 1. The topological polar surface area (TPSA) is 54.4 Å². The molecule has 0 atom stereocenters. The standard InChI is InChI=1S/C11H8O3/c12-10-8(9(10)11(13)14)6-7-4-2-1-3-5-7/h1-5H,6H2,(H,13,14). The van der Waals surface area contributed by atoms with E-state index in [4.69, 9.17) is 5.11 Å². The molecule has 2 aromatic rings. The molecule has 0 aliphatic heterocycles. The Bertz CT molecular complexity index is 475. The molecule has 0 aliphatic carbocycles. The molecule has 0 bridgehead atoms. The van der Waals surface area contributed by atoms with Gasteiger partial charge in [0.25, 0.3) is 0 Å². The second-order valence-corrected chi connectivity index (χ2v) is 3.15. The van der Waals surface area contributed by atoms with Gasteiger partial charge in [-0.15, -0.1) is 0 Å². The normalized spacial score (nSPS) is 10.6. The molecule has 0 saturated heterocycles. The zero-order valence-corrected chi connectivity index (χ0v) is 7.36. The highest BCUT2D eigenvalue weighted by atomic mass is 16.4. The number of hydrogen-bond acceptors (Lipinski definition) is 2. The molecule has 0 spiro atoms. The van der Waals surface area contributed by atoms with Crippen LogP contribution >= 0.6 is 0 Å². The molecule has 0 saturated carbocycles. The van der Waals surface area contributed by atoms with Gasteiger partial charge in [-0.05, 0) is 5.56 Å². The Morgan fingerprint density at radius 2 is 1.86 bits per heavy atom. The minimum absolute atomic E-state index is 0.0335. The minimum atomic E-state index is -1.11. The van der Waals surface area contributed by atoms with E-state index >= 15 is 0 Å². The van der Waals surface area contributed by atoms with Crippen molar-refractivity contribution < 1.29 is 9.90 Å². The van der Waals surface area contributed by atoms with Crippen molar-refractivity contribution in [1.82, 2.24) is 0 Å². The summed E-state index contributed by atoms with van der Waals surface area (Å²) in [6.45, 7) is 0. The zero-order valence-electron chi connectivity index (χ0n) is 7.36. The fourth-order valence-electron chi connectivity index (χ4n) is 1.40. The van der Waals surface area contributed by atoms with Crippen molar-refractivity contribution in [3.05, 3.63) is 57.2 Å². The van der Waals surface area contributed by atoms with Gasteiger partial charge in [0.15, 0.2) is 5.43 Å². The smallest absolute Gasteiger partial charge is 0.340 e. The summed E-state index contributed by atoms with van der Waals surface area (Å²) in [5.41, 5.74) is 1.06. The molecule has 0 fully saturated rings. The average Bonchev–Trinajstić information content (AvgIpc) is 2.78. The highest BCUT2D eigenvalue weighted by molar-refractivity contribution is 5.94. The Kier molecular flexibility index (Phi) is 1.93. The quantitative estimate of drug-likeness (QED) is 0.787. The Balaban J connectivity index is 2.17. The number of carbonyl (C=O) groups is 1. The van der Waals surface area contributed by atoms with Gasteiger partial charge >= 0.3 is 5.97 Å². The van der Waals surface area contributed by atoms with E-state index in [2.05, 4.69) is 0 Å². The van der Waals surface area contributed by atoms with Crippen LogP contribution < -0.4 is 5.43 Å². The average molecular weight is 188 g/mol. The van der Waals surface area contributed by atoms with Crippen LogP contribution in [0, 0.1) is 0 Å². The second kappa shape index (κ2) is 3.10. The number of aromatic carboxylic acids is 1. The maximum absolute atomic E-state index is 11.0. The van der Waals surface area contributed by atoms with Crippen LogP contribution in [0.4, 0.5) is 0 Å². The third-order valence-electron chi connectivity index (χ3n) is 2.18. The summed E-state index contributed by atoms with van der Waals surface area (Å²) in [6, 6.07) is 9.35. The van der Waals surface area contributed by atoms with Gasteiger partial charge in [-0.1, -0.05) is 30.3 Å². The summed E-state index contributed by atoms with van der Waals surface area (Å²) in [5, 5.41) is 8.59. The van der Waals surface area contributed by atoms with Crippen molar-refractivity contribution in [3.8, 4) is 0 Å². The summed E-state index contributed by atoms with van der Waals surface area (Å²) < 4.78 is 0. The van der Waals surface area contributed by atoms with Crippen molar-refractivity contribution in [1.29, 1.82) is 0 Å². The van der Waals surface area contributed by atoms with Crippen molar-refractivity contribution in [2.24, 2.45) is 0 Å². The van der Waals surface area contributed by atoms with E-state index in [-0.39, 0.29) is 11.0 Å². The molecule has 0 aromatic heterocycles. The summed E-state index contributed by atoms with van der Waals surface area (Å²) in [7, 11) is 0. The van der Waals surface area contributed by atoms with E-state index in [1.165, 1.54) is 0 Å². The first-order chi connectivity index (χ1) is 6.70. The van der Waals surface area contributed by atoms with Crippen molar-refractivity contribution in [2.45, 2.75) is 6.42 Å². The first-order valence-electron chi connectivity index (χ1n) is 4.25. The Labute approximate surface area is 80.3 Å². The molecule has 0 heterocycles. The lowest BCUT2D eigenvalue weighted by atomic mass is 10.1. The Morgan fingerprint density at radius 1 is 1.21 bits per heavy atom. The maximum Gasteiger partial charge on any atom is 0.340 e. The van der Waals surface area contributed by atoms with Crippen LogP contribution in [0.2, 0.25) is 0 Å². The summed E-state index contributed by atoms with van der Waals surface area (Å²) in [4.78, 5) is 21.5. The monoisotopic (exact) mass is 188 g/mol. The first-order valence-corrected chi connectivity index (χ1v) is 4.25. The lowest BCUT2D eigenvalue weighted by molar-refractivity contribution is 0.0700. The van der Waals surface area contributed by atoms with E-state index in [1.54, 1.807) is 0 Å². The molecule has 0 amide bonds. The van der Waals surface area contributed by atoms with Gasteiger partial charge in [0.1, 0.15) is 5.56 Å². The summed E-state index contributed by atoms with van der Waals surface area (Å²) in [5.74, 6) is -1.11.